The maximum Gasteiger partial charge on any atom is 0.164 e. The molecule has 0 bridgehead atoms. The Morgan fingerprint density at radius 1 is 0.286 bits per heavy atom. The van der Waals surface area contributed by atoms with E-state index in [1.54, 1.807) is 0 Å². The lowest BCUT2D eigenvalue weighted by Gasteiger charge is -2.14. The Labute approximate surface area is 284 Å². The lowest BCUT2D eigenvalue weighted by Crippen LogP contribution is -2.00. The number of hydrogen-bond donors (Lipinski definition) is 0. The summed E-state index contributed by atoms with van der Waals surface area (Å²) in [5, 5.41) is 7.50. The Morgan fingerprint density at radius 3 is 1.33 bits per heavy atom. The summed E-state index contributed by atoms with van der Waals surface area (Å²) < 4.78 is 0. The molecule has 0 aliphatic rings. The van der Waals surface area contributed by atoms with E-state index in [9.17, 15) is 0 Å². The summed E-state index contributed by atoms with van der Waals surface area (Å²) in [7, 11) is 0. The van der Waals surface area contributed by atoms with E-state index in [1.807, 2.05) is 73.7 Å². The SMILES string of the molecule is Cc1cccc(-c2cc(-c3ccc4c5ccccc5c5ccccc5c4c3)cc(-c3nc(-c4ccccc4)nc(-c4ccccc4)n3)c2)n1. The smallest absolute Gasteiger partial charge is 0.164 e. The van der Waals surface area contributed by atoms with Gasteiger partial charge in [-0.25, -0.2) is 15.0 Å². The highest BCUT2D eigenvalue weighted by atomic mass is 15.0. The molecule has 2 heterocycles. The number of nitrogens with zero attached hydrogens (tertiary/aromatic N) is 4. The van der Waals surface area contributed by atoms with Crippen molar-refractivity contribution in [1.29, 1.82) is 0 Å². The number of fused-ring (bicyclic) bond motifs is 6. The van der Waals surface area contributed by atoms with Gasteiger partial charge in [0.05, 0.1) is 5.69 Å². The first-order chi connectivity index (χ1) is 24.2. The first kappa shape index (κ1) is 28.7. The van der Waals surface area contributed by atoms with E-state index in [1.165, 1.54) is 32.3 Å². The number of benzene rings is 7. The Morgan fingerprint density at radius 2 is 0.755 bits per heavy atom. The lowest BCUT2D eigenvalue weighted by molar-refractivity contribution is 1.07. The van der Waals surface area contributed by atoms with Gasteiger partial charge in [-0.05, 0) is 86.8 Å². The van der Waals surface area contributed by atoms with Crippen LogP contribution in [0.5, 0.6) is 0 Å². The molecule has 4 heteroatoms. The minimum Gasteiger partial charge on any atom is -0.253 e. The van der Waals surface area contributed by atoms with Gasteiger partial charge in [-0.15, -0.1) is 0 Å². The lowest BCUT2D eigenvalue weighted by atomic mass is 9.91. The van der Waals surface area contributed by atoms with Crippen molar-refractivity contribution in [3.8, 4) is 56.5 Å². The Hall–Kier alpha value is -6.52. The summed E-state index contributed by atoms with van der Waals surface area (Å²) in [6, 6.07) is 57.1. The highest BCUT2D eigenvalue weighted by molar-refractivity contribution is 6.25. The quantitative estimate of drug-likeness (QED) is 0.178. The van der Waals surface area contributed by atoms with E-state index in [4.69, 9.17) is 19.9 Å². The van der Waals surface area contributed by atoms with E-state index in [0.717, 1.165) is 44.8 Å². The molecule has 2 aromatic heterocycles. The van der Waals surface area contributed by atoms with Crippen molar-refractivity contribution < 1.29 is 0 Å². The molecule has 0 spiro atoms. The zero-order valence-electron chi connectivity index (χ0n) is 26.9. The molecular formula is C45H30N4. The van der Waals surface area contributed by atoms with Crippen molar-refractivity contribution >= 4 is 32.3 Å². The number of rotatable bonds is 5. The average Bonchev–Trinajstić information content (AvgIpc) is 3.18. The molecule has 0 radical (unpaired) electrons. The van der Waals surface area contributed by atoms with Crippen molar-refractivity contribution in [3.63, 3.8) is 0 Å². The van der Waals surface area contributed by atoms with E-state index in [0.29, 0.717) is 17.5 Å². The first-order valence-corrected chi connectivity index (χ1v) is 16.5. The Bertz CT molecular complexity index is 2570. The second-order valence-electron chi connectivity index (χ2n) is 12.4. The van der Waals surface area contributed by atoms with Gasteiger partial charge in [-0.2, -0.15) is 0 Å². The molecule has 0 saturated heterocycles. The Kier molecular flexibility index (Phi) is 6.98. The van der Waals surface area contributed by atoms with Crippen LogP contribution in [0.3, 0.4) is 0 Å². The van der Waals surface area contributed by atoms with Crippen LogP contribution < -0.4 is 0 Å². The van der Waals surface area contributed by atoms with Gasteiger partial charge < -0.3 is 0 Å². The highest BCUT2D eigenvalue weighted by Gasteiger charge is 2.16. The molecule has 7 aromatic carbocycles. The van der Waals surface area contributed by atoms with Crippen LogP contribution in [0, 0.1) is 6.92 Å². The molecule has 0 aliphatic carbocycles. The average molecular weight is 627 g/mol. The van der Waals surface area contributed by atoms with Crippen molar-refractivity contribution in [2.45, 2.75) is 6.92 Å². The van der Waals surface area contributed by atoms with E-state index >= 15 is 0 Å². The summed E-state index contributed by atoms with van der Waals surface area (Å²) in [5.41, 5.74) is 7.83. The van der Waals surface area contributed by atoms with Crippen LogP contribution in [0.2, 0.25) is 0 Å². The third-order valence-electron chi connectivity index (χ3n) is 9.15. The van der Waals surface area contributed by atoms with Crippen molar-refractivity contribution in [2.75, 3.05) is 0 Å². The molecule has 0 atom stereocenters. The van der Waals surface area contributed by atoms with Gasteiger partial charge >= 0.3 is 0 Å². The Balaban J connectivity index is 1.29. The molecule has 0 unspecified atom stereocenters. The van der Waals surface area contributed by atoms with Gasteiger partial charge in [0.25, 0.3) is 0 Å². The zero-order chi connectivity index (χ0) is 32.7. The van der Waals surface area contributed by atoms with Crippen LogP contribution in [0.25, 0.3) is 88.9 Å². The van der Waals surface area contributed by atoms with Gasteiger partial charge in [0.2, 0.25) is 0 Å². The fraction of sp³-hybridized carbons (Fsp3) is 0.0222. The summed E-state index contributed by atoms with van der Waals surface area (Å²) >= 11 is 0. The summed E-state index contributed by atoms with van der Waals surface area (Å²) in [6.07, 6.45) is 0. The number of hydrogen-bond acceptors (Lipinski definition) is 4. The molecule has 4 nitrogen and oxygen atoms in total. The van der Waals surface area contributed by atoms with Crippen molar-refractivity contribution in [1.82, 2.24) is 19.9 Å². The first-order valence-electron chi connectivity index (χ1n) is 16.5. The van der Waals surface area contributed by atoms with E-state index in [2.05, 4.69) is 97.1 Å². The largest absolute Gasteiger partial charge is 0.253 e. The second kappa shape index (κ2) is 11.9. The molecule has 0 amide bonds. The van der Waals surface area contributed by atoms with Gasteiger partial charge in [0, 0.05) is 27.9 Å². The second-order valence-corrected chi connectivity index (χ2v) is 12.4. The summed E-state index contributed by atoms with van der Waals surface area (Å²) in [5.74, 6) is 1.88. The number of aromatic nitrogens is 4. The number of aryl methyl sites for hydroxylation is 1. The molecule has 0 saturated carbocycles. The maximum atomic E-state index is 5.07. The monoisotopic (exact) mass is 626 g/mol. The van der Waals surface area contributed by atoms with Crippen LogP contribution in [-0.2, 0) is 0 Å². The molecule has 49 heavy (non-hydrogen) atoms. The highest BCUT2D eigenvalue weighted by Crippen LogP contribution is 2.39. The predicted molar refractivity (Wildman–Crippen MR) is 202 cm³/mol. The number of pyridine rings is 1. The summed E-state index contributed by atoms with van der Waals surface area (Å²) in [6.45, 7) is 2.03. The fourth-order valence-electron chi connectivity index (χ4n) is 6.80. The van der Waals surface area contributed by atoms with Gasteiger partial charge in [0.1, 0.15) is 0 Å². The van der Waals surface area contributed by atoms with Crippen molar-refractivity contribution in [2.24, 2.45) is 0 Å². The molecule has 9 aromatic rings. The van der Waals surface area contributed by atoms with Gasteiger partial charge in [-0.3, -0.25) is 4.98 Å². The predicted octanol–water partition coefficient (Wildman–Crippen LogP) is 11.4. The third kappa shape index (κ3) is 5.30. The molecular weight excluding hydrogens is 597 g/mol. The standard InChI is InChI=1S/C45H30N4/c1-29-13-12-22-42(46-29)34-25-33(32-23-24-40-38-20-9-8-18-36(38)37-19-10-11-21-39(37)41(40)28-32)26-35(27-34)45-48-43(30-14-4-2-5-15-30)47-44(49-45)31-16-6-3-7-17-31/h2-28H,1H3. The molecule has 0 aliphatic heterocycles. The molecule has 0 fully saturated rings. The van der Waals surface area contributed by atoms with E-state index in [-0.39, 0.29) is 0 Å². The van der Waals surface area contributed by atoms with Crippen LogP contribution in [0.1, 0.15) is 5.69 Å². The third-order valence-corrected chi connectivity index (χ3v) is 9.15. The normalized spacial score (nSPS) is 11.4. The molecule has 230 valence electrons. The van der Waals surface area contributed by atoms with E-state index < -0.39 is 0 Å². The van der Waals surface area contributed by atoms with Crippen LogP contribution >= 0.6 is 0 Å². The fourth-order valence-corrected chi connectivity index (χ4v) is 6.80. The van der Waals surface area contributed by atoms with Crippen molar-refractivity contribution in [3.05, 3.63) is 169 Å². The van der Waals surface area contributed by atoms with Crippen LogP contribution in [0.4, 0.5) is 0 Å². The zero-order valence-corrected chi connectivity index (χ0v) is 26.9. The molecule has 0 N–H and O–H groups in total. The molecule has 9 rings (SSSR count). The summed E-state index contributed by atoms with van der Waals surface area (Å²) in [4.78, 5) is 20.0. The topological polar surface area (TPSA) is 51.6 Å². The minimum atomic E-state index is 0.612. The van der Waals surface area contributed by atoms with Crippen LogP contribution in [0.15, 0.2) is 164 Å². The van der Waals surface area contributed by atoms with Gasteiger partial charge in [-0.1, -0.05) is 127 Å². The van der Waals surface area contributed by atoms with Gasteiger partial charge in [0.15, 0.2) is 17.5 Å². The van der Waals surface area contributed by atoms with Crippen LogP contribution in [-0.4, -0.2) is 19.9 Å². The minimum absolute atomic E-state index is 0.612. The maximum absolute atomic E-state index is 5.07.